The average molecular weight is 385 g/mol. The first-order valence-electron chi connectivity index (χ1n) is 10.1. The summed E-state index contributed by atoms with van der Waals surface area (Å²) >= 11 is 0. The van der Waals surface area contributed by atoms with Crippen LogP contribution in [-0.4, -0.2) is 19.7 Å². The Hall–Kier alpha value is -3.38. The molecule has 3 aromatic rings. The molecule has 0 saturated heterocycles. The second-order valence-corrected chi connectivity index (χ2v) is 6.90. The lowest BCUT2D eigenvalue weighted by Crippen LogP contribution is -2.07. The Labute approximate surface area is 174 Å². The van der Waals surface area contributed by atoms with E-state index in [0.717, 1.165) is 38.1 Å². The number of nitrogens with one attached hydrogen (secondary N) is 2. The quantitative estimate of drug-likeness (QED) is 0.334. The number of unbranched alkanes of at least 4 members (excludes halogenated alkanes) is 1. The molecule has 3 aromatic carbocycles. The first-order chi connectivity index (χ1) is 14.3. The Bertz CT molecular complexity index is 898. The summed E-state index contributed by atoms with van der Waals surface area (Å²) in [4.78, 5) is 0. The molecule has 0 aliphatic carbocycles. The van der Waals surface area contributed by atoms with Crippen LogP contribution < -0.4 is 15.4 Å². The lowest BCUT2D eigenvalue weighted by Gasteiger charge is -2.13. The molecule has 0 aromatic heterocycles. The van der Waals surface area contributed by atoms with Gasteiger partial charge in [0.05, 0.1) is 0 Å². The Morgan fingerprint density at radius 2 is 1.45 bits per heavy atom. The van der Waals surface area contributed by atoms with E-state index in [1.54, 1.807) is 0 Å². The number of anilines is 2. The molecule has 3 heteroatoms. The number of para-hydroxylation sites is 2. The van der Waals surface area contributed by atoms with Crippen molar-refractivity contribution in [2.24, 2.45) is 0 Å². The van der Waals surface area contributed by atoms with Gasteiger partial charge in [-0.1, -0.05) is 54.5 Å². The molecule has 3 nitrogen and oxygen atoms in total. The fourth-order valence-corrected chi connectivity index (χ4v) is 3.16. The molecule has 148 valence electrons. The highest BCUT2D eigenvalue weighted by Crippen LogP contribution is 2.21. The van der Waals surface area contributed by atoms with Crippen LogP contribution in [0.1, 0.15) is 24.0 Å². The molecule has 0 heterocycles. The molecular formula is C26H28N2O. The van der Waals surface area contributed by atoms with Gasteiger partial charge in [-0.3, -0.25) is 0 Å². The lowest BCUT2D eigenvalue weighted by molar-refractivity contribution is 0.370. The van der Waals surface area contributed by atoms with Crippen molar-refractivity contribution < 1.29 is 4.74 Å². The highest BCUT2D eigenvalue weighted by atomic mass is 16.5. The van der Waals surface area contributed by atoms with Gasteiger partial charge in [0.25, 0.3) is 0 Å². The van der Waals surface area contributed by atoms with Crippen molar-refractivity contribution in [2.75, 3.05) is 30.3 Å². The van der Waals surface area contributed by atoms with Gasteiger partial charge in [0.2, 0.25) is 0 Å². The van der Waals surface area contributed by atoms with Crippen molar-refractivity contribution in [1.82, 2.24) is 0 Å². The Kier molecular flexibility index (Phi) is 8.04. The van der Waals surface area contributed by atoms with E-state index < -0.39 is 0 Å². The molecule has 0 aliphatic rings. The zero-order valence-electron chi connectivity index (χ0n) is 16.7. The minimum absolute atomic E-state index is 0.299. The maximum atomic E-state index is 5.44. The zero-order valence-corrected chi connectivity index (χ0v) is 16.7. The number of terminal acetylenes is 1. The summed E-state index contributed by atoms with van der Waals surface area (Å²) in [5.74, 6) is 3.29. The lowest BCUT2D eigenvalue weighted by atomic mass is 10.0. The predicted octanol–water partition coefficient (Wildman–Crippen LogP) is 5.59. The van der Waals surface area contributed by atoms with Gasteiger partial charge < -0.3 is 15.4 Å². The maximum Gasteiger partial charge on any atom is 0.148 e. The summed E-state index contributed by atoms with van der Waals surface area (Å²) in [6.45, 7) is 2.25. The summed E-state index contributed by atoms with van der Waals surface area (Å²) in [6.07, 6.45) is 8.36. The van der Waals surface area contributed by atoms with Gasteiger partial charge in [-0.05, 0) is 60.7 Å². The molecule has 29 heavy (non-hydrogen) atoms. The molecule has 0 fully saturated rings. The summed E-state index contributed by atoms with van der Waals surface area (Å²) in [5, 5.41) is 7.05. The minimum atomic E-state index is 0.299. The van der Waals surface area contributed by atoms with Gasteiger partial charge in [0.1, 0.15) is 12.4 Å². The second kappa shape index (κ2) is 11.5. The molecule has 0 amide bonds. The number of benzene rings is 3. The Morgan fingerprint density at radius 1 is 0.759 bits per heavy atom. The molecule has 0 aliphatic heterocycles. The van der Waals surface area contributed by atoms with E-state index in [-0.39, 0.29) is 0 Å². The fraction of sp³-hybridized carbons (Fsp3) is 0.231. The fourth-order valence-electron chi connectivity index (χ4n) is 3.16. The van der Waals surface area contributed by atoms with Gasteiger partial charge in [-0.2, -0.15) is 0 Å². The first kappa shape index (κ1) is 20.4. The molecule has 0 radical (unpaired) electrons. The first-order valence-corrected chi connectivity index (χ1v) is 10.1. The van der Waals surface area contributed by atoms with Crippen LogP contribution in [-0.2, 0) is 6.42 Å². The standard InChI is InChI=1S/C26H28N2O/c1-2-20-29-25-16-14-22(15-17-25)21-23-10-6-7-13-26(23)28-19-9-8-18-27-24-11-4-3-5-12-24/h1,3-7,10-17,27-28H,8-9,18-21H2. The van der Waals surface area contributed by atoms with Gasteiger partial charge in [0.15, 0.2) is 0 Å². The van der Waals surface area contributed by atoms with E-state index in [0.29, 0.717) is 6.61 Å². The van der Waals surface area contributed by atoms with E-state index in [1.165, 1.54) is 22.5 Å². The Morgan fingerprint density at radius 3 is 2.21 bits per heavy atom. The van der Waals surface area contributed by atoms with Crippen LogP contribution >= 0.6 is 0 Å². The van der Waals surface area contributed by atoms with Crippen LogP contribution in [0.15, 0.2) is 78.9 Å². The number of rotatable bonds is 11. The molecule has 0 unspecified atom stereocenters. The third kappa shape index (κ3) is 6.93. The van der Waals surface area contributed by atoms with Crippen LogP contribution in [0.4, 0.5) is 11.4 Å². The average Bonchev–Trinajstić information content (AvgIpc) is 2.77. The van der Waals surface area contributed by atoms with Crippen molar-refractivity contribution in [2.45, 2.75) is 19.3 Å². The smallest absolute Gasteiger partial charge is 0.148 e. The normalized spacial score (nSPS) is 10.2. The van der Waals surface area contributed by atoms with Crippen molar-refractivity contribution in [3.8, 4) is 18.1 Å². The van der Waals surface area contributed by atoms with Crippen LogP contribution in [0.5, 0.6) is 5.75 Å². The topological polar surface area (TPSA) is 33.3 Å². The van der Waals surface area contributed by atoms with Gasteiger partial charge >= 0.3 is 0 Å². The summed E-state index contributed by atoms with van der Waals surface area (Å²) in [5.41, 5.74) is 4.93. The van der Waals surface area contributed by atoms with E-state index >= 15 is 0 Å². The van der Waals surface area contributed by atoms with Gasteiger partial charge in [-0.25, -0.2) is 0 Å². The van der Waals surface area contributed by atoms with Gasteiger partial charge in [0, 0.05) is 24.5 Å². The van der Waals surface area contributed by atoms with E-state index in [9.17, 15) is 0 Å². The molecule has 0 saturated carbocycles. The van der Waals surface area contributed by atoms with Crippen molar-refractivity contribution in [3.05, 3.63) is 90.0 Å². The Balaban J connectivity index is 1.44. The third-order valence-electron chi connectivity index (χ3n) is 4.68. The van der Waals surface area contributed by atoms with Crippen molar-refractivity contribution >= 4 is 11.4 Å². The third-order valence-corrected chi connectivity index (χ3v) is 4.68. The van der Waals surface area contributed by atoms with Crippen molar-refractivity contribution in [3.63, 3.8) is 0 Å². The summed E-state index contributed by atoms with van der Waals surface area (Å²) in [7, 11) is 0. The number of hydrogen-bond acceptors (Lipinski definition) is 3. The monoisotopic (exact) mass is 384 g/mol. The molecule has 0 bridgehead atoms. The number of hydrogen-bond donors (Lipinski definition) is 2. The van der Waals surface area contributed by atoms with E-state index in [1.807, 2.05) is 18.2 Å². The largest absolute Gasteiger partial charge is 0.481 e. The highest BCUT2D eigenvalue weighted by Gasteiger charge is 2.03. The van der Waals surface area contributed by atoms with Crippen LogP contribution in [0, 0.1) is 12.3 Å². The highest BCUT2D eigenvalue weighted by molar-refractivity contribution is 5.53. The van der Waals surface area contributed by atoms with E-state index in [4.69, 9.17) is 11.2 Å². The second-order valence-electron chi connectivity index (χ2n) is 6.90. The molecule has 0 spiro atoms. The number of ether oxygens (including phenoxy) is 1. The summed E-state index contributed by atoms with van der Waals surface area (Å²) in [6, 6.07) is 27.0. The van der Waals surface area contributed by atoms with Crippen LogP contribution in [0.3, 0.4) is 0 Å². The SMILES string of the molecule is C#CCOc1ccc(Cc2ccccc2NCCCCNc2ccccc2)cc1. The summed E-state index contributed by atoms with van der Waals surface area (Å²) < 4.78 is 5.44. The zero-order chi connectivity index (χ0) is 20.2. The molecule has 2 N–H and O–H groups in total. The minimum Gasteiger partial charge on any atom is -0.481 e. The van der Waals surface area contributed by atoms with Crippen LogP contribution in [0.2, 0.25) is 0 Å². The molecular weight excluding hydrogens is 356 g/mol. The molecule has 0 atom stereocenters. The maximum absolute atomic E-state index is 5.44. The van der Waals surface area contributed by atoms with E-state index in [2.05, 4.69) is 77.2 Å². The van der Waals surface area contributed by atoms with Crippen molar-refractivity contribution in [1.29, 1.82) is 0 Å². The van der Waals surface area contributed by atoms with Crippen LogP contribution in [0.25, 0.3) is 0 Å². The van der Waals surface area contributed by atoms with Gasteiger partial charge in [-0.15, -0.1) is 6.42 Å². The molecule has 3 rings (SSSR count). The predicted molar refractivity (Wildman–Crippen MR) is 123 cm³/mol.